The Morgan fingerprint density at radius 3 is 2.36 bits per heavy atom. The highest BCUT2D eigenvalue weighted by Gasteiger charge is 2.13. The first-order valence-electron chi connectivity index (χ1n) is 4.31. The molecule has 0 saturated carbocycles. The van der Waals surface area contributed by atoms with Gasteiger partial charge in [0.2, 0.25) is 0 Å². The molecule has 0 aliphatic heterocycles. The van der Waals surface area contributed by atoms with Crippen molar-refractivity contribution in [1.82, 2.24) is 4.90 Å². The van der Waals surface area contributed by atoms with Crippen LogP contribution in [0.25, 0.3) is 0 Å². The molecule has 0 heterocycles. The van der Waals surface area contributed by atoms with E-state index in [2.05, 4.69) is 0 Å². The average Bonchev–Trinajstić information content (AvgIpc) is 2.27. The Morgan fingerprint density at radius 2 is 1.86 bits per heavy atom. The summed E-state index contributed by atoms with van der Waals surface area (Å²) in [5, 5.41) is 8.78. The van der Waals surface area contributed by atoms with Crippen molar-refractivity contribution in [3.63, 3.8) is 0 Å². The summed E-state index contributed by atoms with van der Waals surface area (Å²) in [6.07, 6.45) is 0. The topological polar surface area (TPSA) is 43.8 Å². The van der Waals surface area contributed by atoms with Crippen LogP contribution in [-0.2, 0) is 0 Å². The van der Waals surface area contributed by atoms with Crippen molar-refractivity contribution in [2.24, 2.45) is 0 Å². The van der Waals surface area contributed by atoms with Crippen molar-refractivity contribution in [2.75, 3.05) is 25.7 Å². The third-order valence-corrected chi connectivity index (χ3v) is 1.97. The molecule has 4 nitrogen and oxygen atoms in total. The van der Waals surface area contributed by atoms with Crippen LogP contribution in [0.4, 0.5) is 10.5 Å². The van der Waals surface area contributed by atoms with Crippen molar-refractivity contribution in [2.45, 2.75) is 0 Å². The highest BCUT2D eigenvalue weighted by molar-refractivity contribution is 5.91. The van der Waals surface area contributed by atoms with E-state index >= 15 is 0 Å². The Morgan fingerprint density at radius 1 is 1.29 bits per heavy atom. The maximum atomic E-state index is 11.6. The molecule has 1 rings (SSSR count). The van der Waals surface area contributed by atoms with E-state index in [-0.39, 0.29) is 12.8 Å². The molecule has 4 heteroatoms. The lowest BCUT2D eigenvalue weighted by atomic mass is 10.3. The Balaban J connectivity index is 2.76. The van der Waals surface area contributed by atoms with Gasteiger partial charge in [-0.05, 0) is 12.1 Å². The smallest absolute Gasteiger partial charge is 0.325 e. The van der Waals surface area contributed by atoms with E-state index in [9.17, 15) is 4.79 Å². The number of amides is 2. The summed E-state index contributed by atoms with van der Waals surface area (Å²) in [6.45, 7) is -0.282. The summed E-state index contributed by atoms with van der Waals surface area (Å²) >= 11 is 0. The van der Waals surface area contributed by atoms with Gasteiger partial charge in [-0.2, -0.15) is 0 Å². The number of aliphatic hydroxyl groups excluding tert-OH is 1. The van der Waals surface area contributed by atoms with Gasteiger partial charge >= 0.3 is 6.03 Å². The molecule has 14 heavy (non-hydrogen) atoms. The fraction of sp³-hybridized carbons (Fsp3) is 0.300. The molecule has 1 aromatic rings. The summed E-state index contributed by atoms with van der Waals surface area (Å²) in [5.74, 6) is 0. The van der Waals surface area contributed by atoms with E-state index in [1.54, 1.807) is 14.1 Å². The number of rotatable bonds is 2. The standard InChI is InChI=1S/C10H14N2O2/c1-11(8-13)10(14)12(2)9-6-4-3-5-7-9/h3-7,13H,8H2,1-2H3. The highest BCUT2D eigenvalue weighted by atomic mass is 16.3. The summed E-state index contributed by atoms with van der Waals surface area (Å²) in [4.78, 5) is 14.3. The summed E-state index contributed by atoms with van der Waals surface area (Å²) in [6, 6.07) is 9.04. The fourth-order valence-corrected chi connectivity index (χ4v) is 1.08. The van der Waals surface area contributed by atoms with Gasteiger partial charge in [0.1, 0.15) is 6.73 Å². The van der Waals surface area contributed by atoms with E-state index in [4.69, 9.17) is 5.11 Å². The predicted octanol–water partition coefficient (Wildman–Crippen LogP) is 1.12. The van der Waals surface area contributed by atoms with E-state index < -0.39 is 0 Å². The fourth-order valence-electron chi connectivity index (χ4n) is 1.08. The zero-order chi connectivity index (χ0) is 10.6. The molecule has 0 spiro atoms. The van der Waals surface area contributed by atoms with Crippen molar-refractivity contribution >= 4 is 11.7 Å². The minimum atomic E-state index is -0.282. The van der Waals surface area contributed by atoms with Gasteiger partial charge in [-0.15, -0.1) is 0 Å². The molecule has 76 valence electrons. The van der Waals surface area contributed by atoms with E-state index in [1.165, 1.54) is 9.80 Å². The number of anilines is 1. The molecule has 0 aliphatic carbocycles. The lowest BCUT2D eigenvalue weighted by Crippen LogP contribution is -2.39. The number of hydrogen-bond acceptors (Lipinski definition) is 2. The van der Waals surface area contributed by atoms with E-state index in [1.807, 2.05) is 30.3 Å². The van der Waals surface area contributed by atoms with Gasteiger partial charge in [-0.1, -0.05) is 18.2 Å². The van der Waals surface area contributed by atoms with Crippen LogP contribution in [0.3, 0.4) is 0 Å². The zero-order valence-corrected chi connectivity index (χ0v) is 8.34. The van der Waals surface area contributed by atoms with Crippen molar-refractivity contribution in [3.8, 4) is 0 Å². The molecule has 0 bridgehead atoms. The van der Waals surface area contributed by atoms with Gasteiger partial charge in [0, 0.05) is 19.8 Å². The number of hydrogen-bond donors (Lipinski definition) is 1. The maximum absolute atomic E-state index is 11.6. The third kappa shape index (κ3) is 2.23. The predicted molar refractivity (Wildman–Crippen MR) is 55.1 cm³/mol. The van der Waals surface area contributed by atoms with Crippen LogP contribution in [0.15, 0.2) is 30.3 Å². The second-order valence-electron chi connectivity index (χ2n) is 3.02. The van der Waals surface area contributed by atoms with Gasteiger partial charge in [0.05, 0.1) is 0 Å². The number of para-hydroxylation sites is 1. The van der Waals surface area contributed by atoms with Gasteiger partial charge < -0.3 is 10.0 Å². The van der Waals surface area contributed by atoms with Crippen LogP contribution in [0.5, 0.6) is 0 Å². The molecule has 0 fully saturated rings. The number of benzene rings is 1. The number of nitrogens with zero attached hydrogens (tertiary/aromatic N) is 2. The van der Waals surface area contributed by atoms with Gasteiger partial charge in [0.15, 0.2) is 0 Å². The maximum Gasteiger partial charge on any atom is 0.325 e. The lowest BCUT2D eigenvalue weighted by Gasteiger charge is -2.23. The minimum absolute atomic E-state index is 0.237. The van der Waals surface area contributed by atoms with Gasteiger partial charge in [-0.3, -0.25) is 4.90 Å². The highest BCUT2D eigenvalue weighted by Crippen LogP contribution is 2.12. The summed E-state index contributed by atoms with van der Waals surface area (Å²) in [7, 11) is 3.21. The number of urea groups is 1. The minimum Gasteiger partial charge on any atom is -0.376 e. The monoisotopic (exact) mass is 194 g/mol. The van der Waals surface area contributed by atoms with Crippen LogP contribution in [0.2, 0.25) is 0 Å². The van der Waals surface area contributed by atoms with Gasteiger partial charge in [0.25, 0.3) is 0 Å². The molecule has 0 aliphatic rings. The quantitative estimate of drug-likeness (QED) is 0.717. The normalized spacial score (nSPS) is 9.64. The van der Waals surface area contributed by atoms with Crippen LogP contribution >= 0.6 is 0 Å². The summed E-state index contributed by atoms with van der Waals surface area (Å²) in [5.41, 5.74) is 0.804. The van der Waals surface area contributed by atoms with E-state index in [0.717, 1.165) is 5.69 Å². The van der Waals surface area contributed by atoms with E-state index in [0.29, 0.717) is 0 Å². The molecular formula is C10H14N2O2. The zero-order valence-electron chi connectivity index (χ0n) is 8.34. The van der Waals surface area contributed by atoms with Crippen molar-refractivity contribution in [3.05, 3.63) is 30.3 Å². The molecule has 2 amide bonds. The molecule has 0 radical (unpaired) electrons. The average molecular weight is 194 g/mol. The second-order valence-corrected chi connectivity index (χ2v) is 3.02. The molecule has 0 aromatic heterocycles. The Bertz CT molecular complexity index is 300. The number of carbonyl (C=O) groups excluding carboxylic acids is 1. The Labute approximate surface area is 83.4 Å². The number of aliphatic hydroxyl groups is 1. The molecule has 0 atom stereocenters. The molecular weight excluding hydrogens is 180 g/mol. The molecule has 0 unspecified atom stereocenters. The largest absolute Gasteiger partial charge is 0.376 e. The molecule has 1 aromatic carbocycles. The first kappa shape index (κ1) is 10.5. The van der Waals surface area contributed by atoms with Gasteiger partial charge in [-0.25, -0.2) is 4.79 Å². The second kappa shape index (κ2) is 4.62. The van der Waals surface area contributed by atoms with Crippen LogP contribution < -0.4 is 4.90 Å². The SMILES string of the molecule is CN(CO)C(=O)N(C)c1ccccc1. The number of carbonyl (C=O) groups is 1. The third-order valence-electron chi connectivity index (χ3n) is 1.97. The lowest BCUT2D eigenvalue weighted by molar-refractivity contribution is 0.145. The van der Waals surface area contributed by atoms with Crippen LogP contribution in [0, 0.1) is 0 Å². The Hall–Kier alpha value is -1.55. The Kier molecular flexibility index (Phi) is 3.48. The molecule has 0 saturated heterocycles. The van der Waals surface area contributed by atoms with Crippen molar-refractivity contribution in [1.29, 1.82) is 0 Å². The molecule has 1 N–H and O–H groups in total. The van der Waals surface area contributed by atoms with Crippen LogP contribution in [-0.4, -0.2) is 36.9 Å². The van der Waals surface area contributed by atoms with Crippen LogP contribution in [0.1, 0.15) is 0 Å². The summed E-state index contributed by atoms with van der Waals surface area (Å²) < 4.78 is 0. The first-order chi connectivity index (χ1) is 6.66. The first-order valence-corrected chi connectivity index (χ1v) is 4.31. The van der Waals surface area contributed by atoms with Crippen molar-refractivity contribution < 1.29 is 9.90 Å².